The van der Waals surface area contributed by atoms with Crippen LogP contribution >= 0.6 is 22.7 Å². The fraction of sp³-hybridized carbons (Fsp3) is 0.769. The summed E-state index contributed by atoms with van der Waals surface area (Å²) in [7, 11) is 0. The number of rotatable bonds is 38. The third kappa shape index (κ3) is 20.8. The molecule has 0 radical (unpaired) electrons. The maximum atomic E-state index is 2.59. The van der Waals surface area contributed by atoms with Crippen molar-refractivity contribution < 1.29 is 0 Å². The summed E-state index contributed by atoms with van der Waals surface area (Å²) in [6, 6.07) is 5.13. The van der Waals surface area contributed by atoms with E-state index in [2.05, 4.69) is 73.3 Å². The molecule has 0 atom stereocenters. The molecule has 3 aromatic heterocycles. The first kappa shape index (κ1) is 48.8. The van der Waals surface area contributed by atoms with E-state index in [9.17, 15) is 0 Å². The number of hydrogen-bond acceptors (Lipinski definition) is 2. The molecule has 0 N–H and O–H groups in total. The SMILES string of the molecule is CCCCCCCCCCc1csc(-c2ccc(-c3scc(CCCCCCCCCC)c3CCCCCCCCCC)[se]2)c1CCCCCCCCCC. The predicted octanol–water partition coefficient (Wildman–Crippen LogP) is 18.9. The average Bonchev–Trinajstić information content (AvgIpc) is 3.95. The molecule has 3 rings (SSSR count). The van der Waals surface area contributed by atoms with Crippen molar-refractivity contribution in [1.82, 2.24) is 0 Å². The molecule has 0 unspecified atom stereocenters. The van der Waals surface area contributed by atoms with Crippen LogP contribution < -0.4 is 0 Å². The van der Waals surface area contributed by atoms with E-state index in [-0.39, 0.29) is 0 Å². The van der Waals surface area contributed by atoms with Gasteiger partial charge in [-0.25, -0.2) is 0 Å². The molecule has 0 bridgehead atoms. The van der Waals surface area contributed by atoms with Gasteiger partial charge in [0, 0.05) is 0 Å². The Labute approximate surface area is 357 Å². The second-order valence-corrected chi connectivity index (χ2v) is 21.2. The Balaban J connectivity index is 1.68. The van der Waals surface area contributed by atoms with E-state index in [1.807, 2.05) is 0 Å². The van der Waals surface area contributed by atoms with Crippen LogP contribution in [-0.2, 0) is 25.7 Å². The Morgan fingerprint density at radius 3 is 0.873 bits per heavy atom. The van der Waals surface area contributed by atoms with Crippen LogP contribution in [0.2, 0.25) is 0 Å². The van der Waals surface area contributed by atoms with Gasteiger partial charge in [-0.2, -0.15) is 0 Å². The molecule has 0 saturated heterocycles. The number of hydrogen-bond donors (Lipinski definition) is 0. The fourth-order valence-electron chi connectivity index (χ4n) is 8.57. The van der Waals surface area contributed by atoms with Crippen molar-refractivity contribution in [3.63, 3.8) is 0 Å². The van der Waals surface area contributed by atoms with Crippen LogP contribution in [0.4, 0.5) is 0 Å². The monoisotopic (exact) mass is 857 g/mol. The fourth-order valence-corrected chi connectivity index (χ4v) is 13.7. The third-order valence-electron chi connectivity index (χ3n) is 12.2. The van der Waals surface area contributed by atoms with Gasteiger partial charge in [-0.15, -0.1) is 0 Å². The van der Waals surface area contributed by atoms with Gasteiger partial charge in [-0.05, 0) is 0 Å². The van der Waals surface area contributed by atoms with Crippen LogP contribution in [-0.4, -0.2) is 14.5 Å². The van der Waals surface area contributed by atoms with Gasteiger partial charge in [-0.1, -0.05) is 40.5 Å². The Hall–Kier alpha value is -0.601. The zero-order chi connectivity index (χ0) is 39.0. The molecule has 0 aliphatic heterocycles. The van der Waals surface area contributed by atoms with E-state index in [0.717, 1.165) is 0 Å². The molecule has 0 nitrogen and oxygen atoms in total. The number of unbranched alkanes of at least 4 members (excludes halogenated alkanes) is 28. The molecule has 3 aromatic rings. The van der Waals surface area contributed by atoms with E-state index in [1.54, 1.807) is 40.9 Å². The Kier molecular flexibility index (Phi) is 29.5. The van der Waals surface area contributed by atoms with Crippen molar-refractivity contribution in [2.75, 3.05) is 0 Å². The van der Waals surface area contributed by atoms with Gasteiger partial charge in [0.15, 0.2) is 0 Å². The Bertz CT molecular complexity index is 1200. The van der Waals surface area contributed by atoms with E-state index in [1.165, 1.54) is 231 Å². The standard InChI is InChI=1S/C52H88S2Se/c1-5-9-13-17-21-25-29-33-37-45-43-53-51(47(45)39-35-31-27-23-19-15-11-7-3)49-41-42-50(55-49)52-48(40-36-32-28-24-20-16-12-8-4)46(44-54-52)38-34-30-26-22-18-14-10-6-2/h41-44H,5-40H2,1-4H3. The van der Waals surface area contributed by atoms with Gasteiger partial charge < -0.3 is 0 Å². The Morgan fingerprint density at radius 2 is 0.582 bits per heavy atom. The van der Waals surface area contributed by atoms with Crippen molar-refractivity contribution in [1.29, 1.82) is 0 Å². The summed E-state index contributed by atoms with van der Waals surface area (Å²) in [5, 5.41) is 5.18. The zero-order valence-electron chi connectivity index (χ0n) is 37.0. The summed E-state index contributed by atoms with van der Waals surface area (Å²) in [5.74, 6) is 0. The molecule has 0 spiro atoms. The van der Waals surface area contributed by atoms with Gasteiger partial charge >= 0.3 is 319 Å². The molecule has 3 heterocycles. The van der Waals surface area contributed by atoms with Gasteiger partial charge in [0.25, 0.3) is 0 Å². The van der Waals surface area contributed by atoms with Crippen molar-refractivity contribution in [2.45, 2.75) is 259 Å². The summed E-state index contributed by atoms with van der Waals surface area (Å²) in [6.07, 6.45) is 50.4. The summed E-state index contributed by atoms with van der Waals surface area (Å²) in [5.41, 5.74) is 6.92. The summed E-state index contributed by atoms with van der Waals surface area (Å²) < 4.78 is 3.36. The minimum Gasteiger partial charge on any atom is -0.0654 e. The quantitative estimate of drug-likeness (QED) is 0.0398. The topological polar surface area (TPSA) is 0 Å². The van der Waals surface area contributed by atoms with Crippen LogP contribution in [0.1, 0.15) is 255 Å². The van der Waals surface area contributed by atoms with Crippen LogP contribution in [0.25, 0.3) is 18.6 Å². The molecular weight excluding hydrogens is 768 g/mol. The zero-order valence-corrected chi connectivity index (χ0v) is 40.3. The molecule has 0 saturated carbocycles. The van der Waals surface area contributed by atoms with Crippen LogP contribution in [0.3, 0.4) is 0 Å². The summed E-state index contributed by atoms with van der Waals surface area (Å²) in [4.78, 5) is 3.34. The van der Waals surface area contributed by atoms with Crippen molar-refractivity contribution in [2.24, 2.45) is 0 Å². The van der Waals surface area contributed by atoms with Gasteiger partial charge in [0.05, 0.1) is 0 Å². The minimum atomic E-state index is 0.420. The van der Waals surface area contributed by atoms with Crippen LogP contribution in [0.15, 0.2) is 22.9 Å². The van der Waals surface area contributed by atoms with Crippen molar-refractivity contribution in [3.05, 3.63) is 45.1 Å². The predicted molar refractivity (Wildman–Crippen MR) is 255 cm³/mol. The third-order valence-corrected chi connectivity index (χ3v) is 17.3. The number of aryl methyl sites for hydroxylation is 2. The first-order valence-corrected chi connectivity index (χ1v) is 28.0. The molecule has 314 valence electrons. The molecule has 0 amide bonds. The second kappa shape index (κ2) is 33.3. The Morgan fingerprint density at radius 1 is 0.327 bits per heavy atom. The summed E-state index contributed by atoms with van der Waals surface area (Å²) in [6.45, 7) is 9.31. The van der Waals surface area contributed by atoms with Gasteiger partial charge in [0.1, 0.15) is 0 Å². The van der Waals surface area contributed by atoms with Crippen molar-refractivity contribution in [3.8, 4) is 18.6 Å². The molecule has 0 fully saturated rings. The molecule has 0 aromatic carbocycles. The molecular formula is C52H88S2Se. The number of thiophene rings is 2. The smallest absolute Gasteiger partial charge is 0.0654 e. The van der Waals surface area contributed by atoms with Gasteiger partial charge in [-0.3, -0.25) is 0 Å². The molecule has 0 aliphatic rings. The van der Waals surface area contributed by atoms with E-state index >= 15 is 0 Å². The van der Waals surface area contributed by atoms with E-state index in [4.69, 9.17) is 0 Å². The normalized spacial score (nSPS) is 11.7. The van der Waals surface area contributed by atoms with Gasteiger partial charge in [0.2, 0.25) is 0 Å². The van der Waals surface area contributed by atoms with Crippen LogP contribution in [0.5, 0.6) is 0 Å². The summed E-state index contributed by atoms with van der Waals surface area (Å²) >= 11 is 4.62. The second-order valence-electron chi connectivity index (χ2n) is 17.2. The maximum absolute atomic E-state index is 2.59. The first-order chi connectivity index (χ1) is 27.2. The molecule has 3 heteroatoms. The van der Waals surface area contributed by atoms with E-state index in [0.29, 0.717) is 14.5 Å². The molecule has 55 heavy (non-hydrogen) atoms. The van der Waals surface area contributed by atoms with Crippen LogP contribution in [0, 0.1) is 0 Å². The average molecular weight is 856 g/mol. The van der Waals surface area contributed by atoms with Crippen molar-refractivity contribution >= 4 is 37.2 Å². The first-order valence-electron chi connectivity index (χ1n) is 24.5. The molecule has 0 aliphatic carbocycles. The van der Waals surface area contributed by atoms with E-state index < -0.39 is 0 Å². The minimum absolute atomic E-state index is 0.420.